The largest absolute Gasteiger partial charge is 0.368 e. The van der Waals surface area contributed by atoms with Crippen LogP contribution in [0, 0.1) is 0 Å². The summed E-state index contributed by atoms with van der Waals surface area (Å²) in [4.78, 5) is 22.9. The van der Waals surface area contributed by atoms with Crippen LogP contribution in [0.5, 0.6) is 0 Å². The summed E-state index contributed by atoms with van der Waals surface area (Å²) in [7, 11) is 0. The van der Waals surface area contributed by atoms with Gasteiger partial charge < -0.3 is 16.4 Å². The Morgan fingerprint density at radius 3 is 3.10 bits per heavy atom. The fraction of sp³-hybridized carbons (Fsp3) is 0.154. The minimum atomic E-state index is -0.487. The van der Waals surface area contributed by atoms with Gasteiger partial charge in [-0.25, -0.2) is 0 Å². The standard InChI is InChI=1S/C13H12BrN5O2/c14-7-1-2-9-10(3-7)18-13(21)12(9)17-8-4-16-19(5-8)6-11(15)20/h1-5,12,17H,6H2,(H2,15,20)(H,18,21). The van der Waals surface area contributed by atoms with Crippen LogP contribution in [0.4, 0.5) is 11.4 Å². The predicted octanol–water partition coefficient (Wildman–Crippen LogP) is 1.24. The highest BCUT2D eigenvalue weighted by atomic mass is 79.9. The van der Waals surface area contributed by atoms with Crippen LogP contribution >= 0.6 is 15.9 Å². The molecule has 0 saturated carbocycles. The molecule has 1 unspecified atom stereocenters. The van der Waals surface area contributed by atoms with E-state index in [4.69, 9.17) is 5.73 Å². The number of aromatic nitrogens is 2. The summed E-state index contributed by atoms with van der Waals surface area (Å²) in [6.45, 7) is 0.00206. The highest BCUT2D eigenvalue weighted by Gasteiger charge is 2.30. The molecule has 0 aliphatic carbocycles. The molecule has 0 spiro atoms. The summed E-state index contributed by atoms with van der Waals surface area (Å²) in [6.07, 6.45) is 3.18. The van der Waals surface area contributed by atoms with Crippen molar-refractivity contribution in [2.45, 2.75) is 12.6 Å². The third kappa shape index (κ3) is 2.75. The molecule has 2 aromatic rings. The van der Waals surface area contributed by atoms with Gasteiger partial charge in [0, 0.05) is 21.9 Å². The monoisotopic (exact) mass is 349 g/mol. The molecule has 21 heavy (non-hydrogen) atoms. The number of hydrogen-bond donors (Lipinski definition) is 3. The van der Waals surface area contributed by atoms with Gasteiger partial charge in [-0.15, -0.1) is 0 Å². The van der Waals surface area contributed by atoms with E-state index in [0.29, 0.717) is 5.69 Å². The van der Waals surface area contributed by atoms with Gasteiger partial charge in [-0.2, -0.15) is 5.10 Å². The fourth-order valence-electron chi connectivity index (χ4n) is 2.23. The van der Waals surface area contributed by atoms with E-state index in [-0.39, 0.29) is 12.5 Å². The van der Waals surface area contributed by atoms with Crippen molar-refractivity contribution in [3.63, 3.8) is 0 Å². The lowest BCUT2D eigenvalue weighted by atomic mass is 10.1. The lowest BCUT2D eigenvalue weighted by molar-refractivity contribution is -0.119. The molecule has 1 atom stereocenters. The normalized spacial score (nSPS) is 16.4. The number of fused-ring (bicyclic) bond motifs is 1. The average molecular weight is 350 g/mol. The Balaban J connectivity index is 1.81. The molecule has 1 aromatic carbocycles. The number of halogens is 1. The van der Waals surface area contributed by atoms with E-state index in [9.17, 15) is 9.59 Å². The Hall–Kier alpha value is -2.35. The van der Waals surface area contributed by atoms with Crippen molar-refractivity contribution in [2.24, 2.45) is 5.73 Å². The minimum absolute atomic E-state index is 0.00206. The maximum absolute atomic E-state index is 12.0. The summed E-state index contributed by atoms with van der Waals surface area (Å²) in [6, 6.07) is 5.12. The van der Waals surface area contributed by atoms with Crippen molar-refractivity contribution in [3.05, 3.63) is 40.6 Å². The van der Waals surface area contributed by atoms with Crippen LogP contribution in [0.1, 0.15) is 11.6 Å². The molecular weight excluding hydrogens is 338 g/mol. The van der Waals surface area contributed by atoms with Gasteiger partial charge in [0.25, 0.3) is 5.91 Å². The summed E-state index contributed by atoms with van der Waals surface area (Å²) in [5.41, 5.74) is 7.39. The first kappa shape index (κ1) is 13.6. The molecule has 0 radical (unpaired) electrons. The van der Waals surface area contributed by atoms with E-state index in [2.05, 4.69) is 31.7 Å². The van der Waals surface area contributed by atoms with Gasteiger partial charge in [0.2, 0.25) is 5.91 Å². The molecule has 4 N–H and O–H groups in total. The Labute approximate surface area is 128 Å². The first-order chi connectivity index (χ1) is 10.0. The van der Waals surface area contributed by atoms with Gasteiger partial charge in [-0.3, -0.25) is 14.3 Å². The molecule has 3 rings (SSSR count). The molecule has 8 heteroatoms. The Bertz CT molecular complexity index is 727. The number of rotatable bonds is 4. The second-order valence-corrected chi connectivity index (χ2v) is 5.61. The van der Waals surface area contributed by atoms with Crippen LogP contribution in [0.25, 0.3) is 0 Å². The molecule has 0 saturated heterocycles. The number of nitrogens with one attached hydrogen (secondary N) is 2. The Morgan fingerprint density at radius 1 is 1.52 bits per heavy atom. The summed E-state index contributed by atoms with van der Waals surface area (Å²) in [5.74, 6) is -0.607. The van der Waals surface area contributed by atoms with Gasteiger partial charge in [-0.1, -0.05) is 22.0 Å². The maximum Gasteiger partial charge on any atom is 0.251 e. The van der Waals surface area contributed by atoms with Gasteiger partial charge >= 0.3 is 0 Å². The average Bonchev–Trinajstić information content (AvgIpc) is 2.94. The van der Waals surface area contributed by atoms with E-state index >= 15 is 0 Å². The predicted molar refractivity (Wildman–Crippen MR) is 80.6 cm³/mol. The molecule has 7 nitrogen and oxygen atoms in total. The molecule has 108 valence electrons. The molecule has 1 aromatic heterocycles. The number of nitrogens with zero attached hydrogens (tertiary/aromatic N) is 2. The van der Waals surface area contributed by atoms with Crippen molar-refractivity contribution in [2.75, 3.05) is 10.6 Å². The minimum Gasteiger partial charge on any atom is -0.368 e. The second kappa shape index (κ2) is 5.21. The van der Waals surface area contributed by atoms with Crippen molar-refractivity contribution >= 4 is 39.1 Å². The molecule has 1 aliphatic heterocycles. The summed E-state index contributed by atoms with van der Waals surface area (Å²) >= 11 is 3.37. The number of benzene rings is 1. The maximum atomic E-state index is 12.0. The number of nitrogens with two attached hydrogens (primary N) is 1. The van der Waals surface area contributed by atoms with Crippen LogP contribution in [0.3, 0.4) is 0 Å². The van der Waals surface area contributed by atoms with Gasteiger partial charge in [0.05, 0.1) is 11.9 Å². The molecule has 0 bridgehead atoms. The van der Waals surface area contributed by atoms with Gasteiger partial charge in [-0.05, 0) is 12.1 Å². The van der Waals surface area contributed by atoms with Crippen LogP contribution < -0.4 is 16.4 Å². The lowest BCUT2D eigenvalue weighted by Crippen LogP contribution is -2.20. The Kier molecular flexibility index (Phi) is 3.38. The van der Waals surface area contributed by atoms with Crippen LogP contribution in [-0.4, -0.2) is 21.6 Å². The van der Waals surface area contributed by atoms with Crippen molar-refractivity contribution in [1.82, 2.24) is 9.78 Å². The first-order valence-corrected chi connectivity index (χ1v) is 7.00. The van der Waals surface area contributed by atoms with E-state index in [0.717, 1.165) is 15.7 Å². The third-order valence-corrected chi connectivity index (χ3v) is 3.60. The number of hydrogen-bond acceptors (Lipinski definition) is 4. The number of primary amides is 1. The van der Waals surface area contributed by atoms with Crippen LogP contribution in [0.2, 0.25) is 0 Å². The zero-order chi connectivity index (χ0) is 15.0. The van der Waals surface area contributed by atoms with Crippen molar-refractivity contribution in [1.29, 1.82) is 0 Å². The van der Waals surface area contributed by atoms with E-state index in [1.165, 1.54) is 4.68 Å². The molecule has 2 heterocycles. The van der Waals surface area contributed by atoms with Crippen LogP contribution in [-0.2, 0) is 16.1 Å². The van der Waals surface area contributed by atoms with Gasteiger partial charge in [0.1, 0.15) is 12.6 Å². The lowest BCUT2D eigenvalue weighted by Gasteiger charge is -2.10. The first-order valence-electron chi connectivity index (χ1n) is 6.20. The number of anilines is 2. The SMILES string of the molecule is NC(=O)Cn1cc(NC2C(=O)Nc3cc(Br)ccc32)cn1. The number of carbonyl (C=O) groups excluding carboxylic acids is 2. The zero-order valence-electron chi connectivity index (χ0n) is 10.8. The summed E-state index contributed by atoms with van der Waals surface area (Å²) in [5, 5.41) is 9.92. The fourth-order valence-corrected chi connectivity index (χ4v) is 2.59. The highest BCUT2D eigenvalue weighted by molar-refractivity contribution is 9.10. The molecule has 2 amide bonds. The van der Waals surface area contributed by atoms with Crippen LogP contribution in [0.15, 0.2) is 35.1 Å². The van der Waals surface area contributed by atoms with Gasteiger partial charge in [0.15, 0.2) is 0 Å². The van der Waals surface area contributed by atoms with E-state index in [1.807, 2.05) is 18.2 Å². The Morgan fingerprint density at radius 2 is 2.33 bits per heavy atom. The third-order valence-electron chi connectivity index (χ3n) is 3.11. The topological polar surface area (TPSA) is 102 Å². The number of carbonyl (C=O) groups is 2. The van der Waals surface area contributed by atoms with E-state index < -0.39 is 11.9 Å². The quantitative estimate of drug-likeness (QED) is 0.772. The van der Waals surface area contributed by atoms with E-state index in [1.54, 1.807) is 12.4 Å². The second-order valence-electron chi connectivity index (χ2n) is 4.69. The highest BCUT2D eigenvalue weighted by Crippen LogP contribution is 2.34. The molecule has 0 fully saturated rings. The van der Waals surface area contributed by atoms with Crippen molar-refractivity contribution in [3.8, 4) is 0 Å². The smallest absolute Gasteiger partial charge is 0.251 e. The molecule has 1 aliphatic rings. The van der Waals surface area contributed by atoms with Crippen molar-refractivity contribution < 1.29 is 9.59 Å². The zero-order valence-corrected chi connectivity index (χ0v) is 12.4. The summed E-state index contributed by atoms with van der Waals surface area (Å²) < 4.78 is 2.32. The molecular formula is C13H12BrN5O2. The number of amides is 2.